The number of hydrogen-bond donors (Lipinski definition) is 1. The molecule has 5 nitrogen and oxygen atoms in total. The van der Waals surface area contributed by atoms with Crippen molar-refractivity contribution in [3.63, 3.8) is 0 Å². The maximum Gasteiger partial charge on any atom is 0.289 e. The predicted molar refractivity (Wildman–Crippen MR) is 96.8 cm³/mol. The standard InChI is InChI=1S/C17H14N2O3S2/c20-15(6-3-13-7-8-23-10-13)18-14-4-1-12(2-5-14)9-19-16(21)11-24-17(19)22/h1-8,10H,9,11H2,(H,18,20)/b6-3+. The highest BCUT2D eigenvalue weighted by Crippen LogP contribution is 2.21. The summed E-state index contributed by atoms with van der Waals surface area (Å²) in [6.07, 6.45) is 3.23. The van der Waals surface area contributed by atoms with Crippen molar-refractivity contribution >= 4 is 51.9 Å². The van der Waals surface area contributed by atoms with Crippen LogP contribution >= 0.6 is 23.1 Å². The molecule has 2 aromatic rings. The molecule has 1 aliphatic rings. The Morgan fingerprint density at radius 1 is 1.21 bits per heavy atom. The smallest absolute Gasteiger partial charge is 0.289 e. The van der Waals surface area contributed by atoms with Crippen LogP contribution in [0.3, 0.4) is 0 Å². The van der Waals surface area contributed by atoms with Crippen LogP contribution in [0.1, 0.15) is 11.1 Å². The lowest BCUT2D eigenvalue weighted by Gasteiger charge is -2.13. The molecule has 1 fully saturated rings. The lowest BCUT2D eigenvalue weighted by atomic mass is 10.2. The molecule has 3 amide bonds. The van der Waals surface area contributed by atoms with E-state index in [9.17, 15) is 14.4 Å². The SMILES string of the molecule is O=C(/C=C/c1ccsc1)Nc1ccc(CN2C(=O)CSC2=O)cc1. The molecule has 1 saturated heterocycles. The van der Waals surface area contributed by atoms with E-state index in [0.29, 0.717) is 5.69 Å². The summed E-state index contributed by atoms with van der Waals surface area (Å²) in [5.41, 5.74) is 2.49. The molecule has 1 N–H and O–H groups in total. The van der Waals surface area contributed by atoms with Crippen LogP contribution in [0.4, 0.5) is 10.5 Å². The van der Waals surface area contributed by atoms with E-state index in [1.807, 2.05) is 16.8 Å². The van der Waals surface area contributed by atoms with E-state index >= 15 is 0 Å². The number of benzene rings is 1. The molecule has 7 heteroatoms. The van der Waals surface area contributed by atoms with Gasteiger partial charge in [-0.3, -0.25) is 19.3 Å². The zero-order valence-corrected chi connectivity index (χ0v) is 14.2. The monoisotopic (exact) mass is 358 g/mol. The van der Waals surface area contributed by atoms with E-state index in [-0.39, 0.29) is 29.4 Å². The Balaban J connectivity index is 1.57. The van der Waals surface area contributed by atoms with Gasteiger partial charge < -0.3 is 5.32 Å². The number of nitrogens with one attached hydrogen (secondary N) is 1. The zero-order valence-electron chi connectivity index (χ0n) is 12.6. The maximum absolute atomic E-state index is 11.9. The number of hydrogen-bond acceptors (Lipinski definition) is 5. The molecule has 0 bridgehead atoms. The van der Waals surface area contributed by atoms with E-state index in [1.165, 1.54) is 11.0 Å². The molecule has 0 aliphatic carbocycles. The van der Waals surface area contributed by atoms with Crippen LogP contribution in [-0.2, 0) is 16.1 Å². The van der Waals surface area contributed by atoms with Crippen LogP contribution in [0, 0.1) is 0 Å². The first-order valence-electron chi connectivity index (χ1n) is 7.19. The Hall–Kier alpha value is -2.38. The first-order valence-corrected chi connectivity index (χ1v) is 9.12. The molecule has 1 aromatic carbocycles. The van der Waals surface area contributed by atoms with Gasteiger partial charge in [0.15, 0.2) is 0 Å². The van der Waals surface area contributed by atoms with Crippen LogP contribution in [0.15, 0.2) is 47.2 Å². The topological polar surface area (TPSA) is 66.5 Å². The van der Waals surface area contributed by atoms with E-state index in [1.54, 1.807) is 41.7 Å². The highest BCUT2D eigenvalue weighted by Gasteiger charge is 2.29. The first kappa shape index (κ1) is 16.5. The molecule has 24 heavy (non-hydrogen) atoms. The Kier molecular flexibility index (Phi) is 5.12. The summed E-state index contributed by atoms with van der Waals surface area (Å²) in [6, 6.07) is 9.03. The second kappa shape index (κ2) is 7.46. The van der Waals surface area contributed by atoms with Crippen molar-refractivity contribution in [2.45, 2.75) is 6.54 Å². The van der Waals surface area contributed by atoms with Gasteiger partial charge >= 0.3 is 0 Å². The van der Waals surface area contributed by atoms with Gasteiger partial charge in [-0.25, -0.2) is 0 Å². The highest BCUT2D eigenvalue weighted by molar-refractivity contribution is 8.14. The molecule has 1 aromatic heterocycles. The minimum Gasteiger partial charge on any atom is -0.323 e. The minimum absolute atomic E-state index is 0.166. The molecular weight excluding hydrogens is 344 g/mol. The number of thioether (sulfide) groups is 1. The van der Waals surface area contributed by atoms with Gasteiger partial charge in [-0.05, 0) is 46.2 Å². The second-order valence-electron chi connectivity index (χ2n) is 5.11. The normalized spacial score (nSPS) is 14.6. The van der Waals surface area contributed by atoms with Crippen molar-refractivity contribution in [2.24, 2.45) is 0 Å². The average Bonchev–Trinajstić information content (AvgIpc) is 3.20. The van der Waals surface area contributed by atoms with E-state index in [0.717, 1.165) is 22.9 Å². The highest BCUT2D eigenvalue weighted by atomic mass is 32.2. The third-order valence-corrected chi connectivity index (χ3v) is 4.93. The van der Waals surface area contributed by atoms with Crippen LogP contribution in [0.2, 0.25) is 0 Å². The molecule has 0 saturated carbocycles. The summed E-state index contributed by atoms with van der Waals surface area (Å²) < 4.78 is 0. The van der Waals surface area contributed by atoms with Crippen molar-refractivity contribution in [3.8, 4) is 0 Å². The molecule has 2 heterocycles. The van der Waals surface area contributed by atoms with Crippen LogP contribution in [-0.4, -0.2) is 27.7 Å². The van der Waals surface area contributed by atoms with Gasteiger partial charge in [-0.15, -0.1) is 0 Å². The first-order chi connectivity index (χ1) is 11.6. The molecule has 0 unspecified atom stereocenters. The molecule has 122 valence electrons. The van der Waals surface area contributed by atoms with Gasteiger partial charge in [0.25, 0.3) is 5.24 Å². The average molecular weight is 358 g/mol. The fourth-order valence-electron chi connectivity index (χ4n) is 2.14. The molecule has 0 radical (unpaired) electrons. The predicted octanol–water partition coefficient (Wildman–Crippen LogP) is 3.60. The van der Waals surface area contributed by atoms with Crippen molar-refractivity contribution in [1.29, 1.82) is 0 Å². The summed E-state index contributed by atoms with van der Waals surface area (Å²) in [5.74, 6) is -0.167. The number of thiophene rings is 1. The van der Waals surface area contributed by atoms with Crippen molar-refractivity contribution in [3.05, 3.63) is 58.3 Å². The van der Waals surface area contributed by atoms with Gasteiger partial charge in [0, 0.05) is 11.8 Å². The lowest BCUT2D eigenvalue weighted by molar-refractivity contribution is -0.125. The second-order valence-corrected chi connectivity index (χ2v) is 6.82. The molecule has 0 atom stereocenters. The zero-order chi connectivity index (χ0) is 16.9. The van der Waals surface area contributed by atoms with Crippen LogP contribution < -0.4 is 5.32 Å². The summed E-state index contributed by atoms with van der Waals surface area (Å²) in [6.45, 7) is 0.261. The Morgan fingerprint density at radius 2 is 2.00 bits per heavy atom. The quantitative estimate of drug-likeness (QED) is 0.830. The molecule has 0 spiro atoms. The van der Waals surface area contributed by atoms with Gasteiger partial charge in [0.2, 0.25) is 11.8 Å². The van der Waals surface area contributed by atoms with Crippen LogP contribution in [0.25, 0.3) is 6.08 Å². The van der Waals surface area contributed by atoms with Gasteiger partial charge in [0.05, 0.1) is 12.3 Å². The Bertz CT molecular complexity index is 767. The van der Waals surface area contributed by atoms with Gasteiger partial charge in [0.1, 0.15) is 0 Å². The number of imide groups is 1. The molecular formula is C17H14N2O3S2. The maximum atomic E-state index is 11.9. The van der Waals surface area contributed by atoms with Crippen LogP contribution in [0.5, 0.6) is 0 Å². The van der Waals surface area contributed by atoms with Crippen molar-refractivity contribution in [2.75, 3.05) is 11.1 Å². The molecule has 1 aliphatic heterocycles. The minimum atomic E-state index is -0.213. The summed E-state index contributed by atoms with van der Waals surface area (Å²) in [7, 11) is 0. The number of amides is 3. The van der Waals surface area contributed by atoms with Crippen molar-refractivity contribution < 1.29 is 14.4 Å². The Morgan fingerprint density at radius 3 is 2.62 bits per heavy atom. The fraction of sp³-hybridized carbons (Fsp3) is 0.118. The Labute approximate surface area is 147 Å². The lowest BCUT2D eigenvalue weighted by Crippen LogP contribution is -2.27. The summed E-state index contributed by atoms with van der Waals surface area (Å²) in [4.78, 5) is 36.3. The third-order valence-electron chi connectivity index (χ3n) is 3.37. The number of rotatable bonds is 5. The largest absolute Gasteiger partial charge is 0.323 e. The summed E-state index contributed by atoms with van der Waals surface area (Å²) in [5, 5.41) is 6.46. The number of carbonyl (C=O) groups excluding carboxylic acids is 3. The third kappa shape index (κ3) is 4.12. The molecule has 3 rings (SSSR count). The van der Waals surface area contributed by atoms with Gasteiger partial charge in [-0.2, -0.15) is 11.3 Å². The number of nitrogens with zero attached hydrogens (tertiary/aromatic N) is 1. The number of anilines is 1. The van der Waals surface area contributed by atoms with E-state index in [4.69, 9.17) is 0 Å². The summed E-state index contributed by atoms with van der Waals surface area (Å²) >= 11 is 2.60. The van der Waals surface area contributed by atoms with E-state index < -0.39 is 0 Å². The van der Waals surface area contributed by atoms with Gasteiger partial charge in [-0.1, -0.05) is 23.9 Å². The number of carbonyl (C=O) groups is 3. The van der Waals surface area contributed by atoms with Crippen molar-refractivity contribution in [1.82, 2.24) is 4.90 Å². The van der Waals surface area contributed by atoms with E-state index in [2.05, 4.69) is 5.32 Å². The fourth-order valence-corrected chi connectivity index (χ4v) is 3.49.